The number of nitrogens with one attached hydrogen (secondary N) is 1. The Morgan fingerprint density at radius 1 is 1.39 bits per heavy atom. The Balaban J connectivity index is 3.15. The molecule has 1 aromatic heterocycles. The third-order valence-corrected chi connectivity index (χ3v) is 3.64. The summed E-state index contributed by atoms with van der Waals surface area (Å²) in [4.78, 5) is 23.5. The fourth-order valence-corrected chi connectivity index (χ4v) is 2.62. The van der Waals surface area contributed by atoms with E-state index in [1.807, 2.05) is 13.8 Å². The molecule has 0 aromatic carbocycles. The van der Waals surface area contributed by atoms with Crippen molar-refractivity contribution in [1.82, 2.24) is 0 Å². The first-order valence-electron chi connectivity index (χ1n) is 5.87. The highest BCUT2D eigenvalue weighted by Crippen LogP contribution is 2.36. The summed E-state index contributed by atoms with van der Waals surface area (Å²) in [5.74, 6) is -0.262. The van der Waals surface area contributed by atoms with Gasteiger partial charge in [-0.1, -0.05) is 20.8 Å². The van der Waals surface area contributed by atoms with Gasteiger partial charge in [-0.05, 0) is 5.92 Å². The second-order valence-corrected chi connectivity index (χ2v) is 5.49. The summed E-state index contributed by atoms with van der Waals surface area (Å²) in [6.45, 7) is 6.55. The van der Waals surface area contributed by atoms with Crippen molar-refractivity contribution >= 4 is 33.7 Å². The van der Waals surface area contributed by atoms with Crippen molar-refractivity contribution in [2.24, 2.45) is 11.7 Å². The summed E-state index contributed by atoms with van der Waals surface area (Å²) in [6, 6.07) is 0. The molecule has 0 aliphatic rings. The van der Waals surface area contributed by atoms with Gasteiger partial charge in [-0.3, -0.25) is 9.59 Å². The Morgan fingerprint density at radius 3 is 2.44 bits per heavy atom. The van der Waals surface area contributed by atoms with E-state index in [4.69, 9.17) is 11.5 Å². The van der Waals surface area contributed by atoms with Crippen molar-refractivity contribution in [3.05, 3.63) is 10.4 Å². The van der Waals surface area contributed by atoms with Crippen LogP contribution in [0.2, 0.25) is 0 Å². The number of nitrogens with two attached hydrogens (primary N) is 2. The van der Waals surface area contributed by atoms with Crippen LogP contribution in [0, 0.1) is 5.92 Å². The second kappa shape index (κ2) is 5.86. The summed E-state index contributed by atoms with van der Waals surface area (Å²) < 4.78 is 0. The Morgan fingerprint density at radius 2 is 2.00 bits per heavy atom. The molecule has 1 amide bonds. The molecule has 0 radical (unpaired) electrons. The van der Waals surface area contributed by atoms with E-state index in [9.17, 15) is 9.59 Å². The lowest BCUT2D eigenvalue weighted by atomic mass is 10.1. The van der Waals surface area contributed by atoms with Crippen LogP contribution in [0.1, 0.15) is 47.2 Å². The third-order valence-electron chi connectivity index (χ3n) is 2.44. The molecule has 5 nitrogen and oxygen atoms in total. The predicted octanol–water partition coefficient (Wildman–Crippen LogP) is 2.09. The number of Topliss-reactive ketones (excluding diaryl/α,β-unsaturated/α-hetero) is 1. The van der Waals surface area contributed by atoms with Crippen LogP contribution in [0.5, 0.6) is 0 Å². The van der Waals surface area contributed by atoms with Crippen LogP contribution in [-0.2, 0) is 0 Å². The Labute approximate surface area is 111 Å². The molecule has 6 heteroatoms. The van der Waals surface area contributed by atoms with Crippen molar-refractivity contribution in [2.75, 3.05) is 17.6 Å². The van der Waals surface area contributed by atoms with Crippen molar-refractivity contribution < 1.29 is 9.59 Å². The van der Waals surface area contributed by atoms with Crippen molar-refractivity contribution in [3.63, 3.8) is 0 Å². The normalized spacial score (nSPS) is 10.7. The number of carbonyl (C=O) groups excluding carboxylic acids is 2. The first kappa shape index (κ1) is 14.5. The van der Waals surface area contributed by atoms with Gasteiger partial charge in [0.25, 0.3) is 5.91 Å². The number of primary amides is 1. The number of anilines is 2. The average molecular weight is 269 g/mol. The molecule has 0 saturated carbocycles. The van der Waals surface area contributed by atoms with Gasteiger partial charge in [-0.15, -0.1) is 11.3 Å². The average Bonchev–Trinajstić information content (AvgIpc) is 2.62. The molecule has 0 aliphatic heterocycles. The zero-order valence-electron chi connectivity index (χ0n) is 10.9. The highest BCUT2D eigenvalue weighted by Gasteiger charge is 2.23. The second-order valence-electron chi connectivity index (χ2n) is 4.46. The van der Waals surface area contributed by atoms with Gasteiger partial charge in [0.05, 0.1) is 16.1 Å². The van der Waals surface area contributed by atoms with E-state index in [1.165, 1.54) is 11.3 Å². The van der Waals surface area contributed by atoms with E-state index < -0.39 is 5.91 Å². The van der Waals surface area contributed by atoms with Gasteiger partial charge in [0.15, 0.2) is 5.78 Å². The first-order valence-corrected chi connectivity index (χ1v) is 6.69. The van der Waals surface area contributed by atoms with E-state index in [-0.39, 0.29) is 17.0 Å². The molecule has 1 aromatic rings. The summed E-state index contributed by atoms with van der Waals surface area (Å²) in [5.41, 5.74) is 11.6. The molecule has 5 N–H and O–H groups in total. The van der Waals surface area contributed by atoms with Gasteiger partial charge in [0.1, 0.15) is 5.00 Å². The molecular weight excluding hydrogens is 250 g/mol. The molecule has 0 bridgehead atoms. The minimum atomic E-state index is -0.606. The maximum atomic E-state index is 11.7. The number of hydrogen-bond acceptors (Lipinski definition) is 5. The number of amides is 1. The largest absolute Gasteiger partial charge is 0.397 e. The van der Waals surface area contributed by atoms with E-state index >= 15 is 0 Å². The van der Waals surface area contributed by atoms with Crippen molar-refractivity contribution in [1.29, 1.82) is 0 Å². The molecule has 0 atom stereocenters. The molecule has 0 aliphatic carbocycles. The lowest BCUT2D eigenvalue weighted by Gasteiger charge is -2.07. The van der Waals surface area contributed by atoms with Crippen molar-refractivity contribution in [2.45, 2.75) is 27.2 Å². The monoisotopic (exact) mass is 269 g/mol. The molecule has 0 spiro atoms. The predicted molar refractivity (Wildman–Crippen MR) is 75.2 cm³/mol. The molecule has 1 rings (SSSR count). The minimum absolute atomic E-state index is 0.0717. The smallest absolute Gasteiger partial charge is 0.253 e. The zero-order chi connectivity index (χ0) is 13.9. The van der Waals surface area contributed by atoms with Gasteiger partial charge >= 0.3 is 0 Å². The standard InChI is InChI=1S/C12H19N3O2S/c1-4-7(16)10-9(13)8(11(14)17)12(18-10)15-5-6(2)3/h6,15H,4-5,13H2,1-3H3,(H2,14,17). The summed E-state index contributed by atoms with van der Waals surface area (Å²) in [7, 11) is 0. The summed E-state index contributed by atoms with van der Waals surface area (Å²) >= 11 is 1.20. The third kappa shape index (κ3) is 3.01. The molecule has 1 heterocycles. The van der Waals surface area contributed by atoms with Crippen LogP contribution in [0.25, 0.3) is 0 Å². The number of nitrogen functional groups attached to an aromatic ring is 1. The molecule has 18 heavy (non-hydrogen) atoms. The van der Waals surface area contributed by atoms with Crippen LogP contribution >= 0.6 is 11.3 Å². The summed E-state index contributed by atoms with van der Waals surface area (Å²) in [6.07, 6.45) is 0.354. The number of thiophene rings is 1. The lowest BCUT2D eigenvalue weighted by Crippen LogP contribution is -2.16. The molecule has 0 fully saturated rings. The molecule has 0 unspecified atom stereocenters. The first-order chi connectivity index (χ1) is 8.38. The van der Waals surface area contributed by atoms with E-state index in [0.717, 1.165) is 0 Å². The van der Waals surface area contributed by atoms with Gasteiger partial charge in [0.2, 0.25) is 0 Å². The van der Waals surface area contributed by atoms with Crippen LogP contribution in [0.15, 0.2) is 0 Å². The highest BCUT2D eigenvalue weighted by molar-refractivity contribution is 7.19. The number of rotatable bonds is 6. The number of carbonyl (C=O) groups is 2. The maximum Gasteiger partial charge on any atom is 0.253 e. The van der Waals surface area contributed by atoms with Crippen LogP contribution in [0.4, 0.5) is 10.7 Å². The molecular formula is C12H19N3O2S. The van der Waals surface area contributed by atoms with E-state index in [1.54, 1.807) is 6.92 Å². The van der Waals surface area contributed by atoms with Crippen molar-refractivity contribution in [3.8, 4) is 0 Å². The number of hydrogen-bond donors (Lipinski definition) is 3. The van der Waals surface area contributed by atoms with E-state index in [2.05, 4.69) is 5.32 Å². The van der Waals surface area contributed by atoms with Crippen LogP contribution in [-0.4, -0.2) is 18.2 Å². The Bertz CT molecular complexity index is 466. The minimum Gasteiger partial charge on any atom is -0.397 e. The van der Waals surface area contributed by atoms with E-state index in [0.29, 0.717) is 28.8 Å². The molecule has 100 valence electrons. The Hall–Kier alpha value is -1.56. The van der Waals surface area contributed by atoms with Crippen LogP contribution in [0.3, 0.4) is 0 Å². The fraction of sp³-hybridized carbons (Fsp3) is 0.500. The topological polar surface area (TPSA) is 98.2 Å². The maximum absolute atomic E-state index is 11.7. The fourth-order valence-electron chi connectivity index (χ4n) is 1.48. The lowest BCUT2D eigenvalue weighted by molar-refractivity contribution is 0.0991. The zero-order valence-corrected chi connectivity index (χ0v) is 11.7. The molecule has 0 saturated heterocycles. The highest BCUT2D eigenvalue weighted by atomic mass is 32.1. The van der Waals surface area contributed by atoms with Gasteiger partial charge in [0, 0.05) is 13.0 Å². The van der Waals surface area contributed by atoms with Gasteiger partial charge in [-0.25, -0.2) is 0 Å². The summed E-state index contributed by atoms with van der Waals surface area (Å²) in [5, 5.41) is 3.71. The number of ketones is 1. The quantitative estimate of drug-likeness (QED) is 0.689. The van der Waals surface area contributed by atoms with Gasteiger partial charge < -0.3 is 16.8 Å². The Kier molecular flexibility index (Phi) is 4.72. The van der Waals surface area contributed by atoms with Gasteiger partial charge in [-0.2, -0.15) is 0 Å². The van der Waals surface area contributed by atoms with Crippen LogP contribution < -0.4 is 16.8 Å². The SMILES string of the molecule is CCC(=O)c1sc(NCC(C)C)c(C(N)=O)c1N.